The lowest BCUT2D eigenvalue weighted by Gasteiger charge is -2.03. The summed E-state index contributed by atoms with van der Waals surface area (Å²) in [6.07, 6.45) is 0.424. The summed E-state index contributed by atoms with van der Waals surface area (Å²) in [7, 11) is 1.83. The fourth-order valence-electron chi connectivity index (χ4n) is 1.48. The van der Waals surface area contributed by atoms with Crippen molar-refractivity contribution in [1.82, 2.24) is 14.8 Å². The monoisotopic (exact) mass is 239 g/mol. The van der Waals surface area contributed by atoms with Gasteiger partial charge in [0.1, 0.15) is 17.5 Å². The van der Waals surface area contributed by atoms with Gasteiger partial charge in [0, 0.05) is 13.5 Å². The summed E-state index contributed by atoms with van der Waals surface area (Å²) in [6.45, 7) is 0. The average molecular weight is 240 g/mol. The van der Waals surface area contributed by atoms with Gasteiger partial charge in [-0.05, 0) is 11.6 Å². The van der Waals surface area contributed by atoms with E-state index in [0.29, 0.717) is 29.5 Å². The molecule has 1 heterocycles. The Kier molecular flexibility index (Phi) is 3.19. The lowest BCUT2D eigenvalue weighted by molar-refractivity contribution is 0.610. The maximum absolute atomic E-state index is 13.4. The number of benzene rings is 1. The molecular weight excluding hydrogens is 229 g/mol. The largest absolute Gasteiger partial charge is 0.317 e. The quantitative estimate of drug-likeness (QED) is 0.770. The third kappa shape index (κ3) is 2.07. The topological polar surface area (TPSA) is 30.7 Å². The Morgan fingerprint density at radius 3 is 2.56 bits per heavy atom. The zero-order valence-electron chi connectivity index (χ0n) is 8.82. The van der Waals surface area contributed by atoms with Crippen molar-refractivity contribution in [2.24, 2.45) is 7.05 Å². The van der Waals surface area contributed by atoms with Crippen molar-refractivity contribution < 1.29 is 4.39 Å². The molecule has 0 amide bonds. The van der Waals surface area contributed by atoms with E-state index < -0.39 is 0 Å². The van der Waals surface area contributed by atoms with Crippen LogP contribution in [0.3, 0.4) is 0 Å². The average Bonchev–Trinajstić information content (AvgIpc) is 2.63. The normalized spacial score (nSPS) is 10.7. The van der Waals surface area contributed by atoms with E-state index in [9.17, 15) is 4.39 Å². The minimum atomic E-state index is -0.224. The zero-order chi connectivity index (χ0) is 11.5. The molecular formula is C11H11ClFN3. The van der Waals surface area contributed by atoms with Crippen LogP contribution in [0.5, 0.6) is 0 Å². The van der Waals surface area contributed by atoms with Gasteiger partial charge < -0.3 is 4.57 Å². The third-order valence-corrected chi connectivity index (χ3v) is 2.72. The Morgan fingerprint density at radius 1 is 1.25 bits per heavy atom. The Balaban J connectivity index is 2.27. The molecule has 1 aromatic carbocycles. The van der Waals surface area contributed by atoms with Crippen LogP contribution in [0.15, 0.2) is 24.3 Å². The summed E-state index contributed by atoms with van der Waals surface area (Å²) in [5.74, 6) is 1.48. The van der Waals surface area contributed by atoms with Crippen molar-refractivity contribution in [2.45, 2.75) is 12.3 Å². The first kappa shape index (κ1) is 11.1. The van der Waals surface area contributed by atoms with E-state index in [1.165, 1.54) is 6.07 Å². The highest BCUT2D eigenvalue weighted by molar-refractivity contribution is 6.16. The standard InChI is InChI=1S/C11H11ClFN3/c1-16-10(14-15-11(16)7-12)6-8-4-2-3-5-9(8)13/h2-5H,6-7H2,1H3. The molecule has 1 aromatic heterocycles. The van der Waals surface area contributed by atoms with Crippen LogP contribution in [0.25, 0.3) is 0 Å². The molecule has 0 fully saturated rings. The predicted octanol–water partition coefficient (Wildman–Crippen LogP) is 2.28. The van der Waals surface area contributed by atoms with E-state index in [0.717, 1.165) is 0 Å². The summed E-state index contributed by atoms with van der Waals surface area (Å²) >= 11 is 5.68. The summed E-state index contributed by atoms with van der Waals surface area (Å²) in [5.41, 5.74) is 0.610. The number of hydrogen-bond acceptors (Lipinski definition) is 2. The van der Waals surface area contributed by atoms with Crippen LogP contribution in [-0.2, 0) is 19.3 Å². The minimum absolute atomic E-state index is 0.224. The summed E-state index contributed by atoms with van der Waals surface area (Å²) < 4.78 is 15.2. The molecule has 16 heavy (non-hydrogen) atoms. The Hall–Kier alpha value is -1.42. The molecule has 0 saturated heterocycles. The lowest BCUT2D eigenvalue weighted by atomic mass is 10.1. The van der Waals surface area contributed by atoms with Gasteiger partial charge in [-0.15, -0.1) is 21.8 Å². The van der Waals surface area contributed by atoms with Crippen LogP contribution < -0.4 is 0 Å². The third-order valence-electron chi connectivity index (χ3n) is 2.48. The first-order valence-corrected chi connectivity index (χ1v) is 5.42. The SMILES string of the molecule is Cn1c(CCl)nnc1Cc1ccccc1F. The van der Waals surface area contributed by atoms with E-state index in [2.05, 4.69) is 10.2 Å². The highest BCUT2D eigenvalue weighted by Gasteiger charge is 2.10. The van der Waals surface area contributed by atoms with Gasteiger partial charge in [0.2, 0.25) is 0 Å². The summed E-state index contributed by atoms with van der Waals surface area (Å²) in [6, 6.07) is 6.65. The Bertz CT molecular complexity index is 496. The van der Waals surface area contributed by atoms with Crippen molar-refractivity contribution in [3.05, 3.63) is 47.3 Å². The van der Waals surface area contributed by atoms with Gasteiger partial charge in [-0.2, -0.15) is 0 Å². The fourth-order valence-corrected chi connectivity index (χ4v) is 1.71. The van der Waals surface area contributed by atoms with Crippen LogP contribution in [0.4, 0.5) is 4.39 Å². The summed E-state index contributed by atoms with van der Waals surface area (Å²) in [5, 5.41) is 7.90. The first-order chi connectivity index (χ1) is 7.72. The van der Waals surface area contributed by atoms with E-state index in [-0.39, 0.29) is 5.82 Å². The minimum Gasteiger partial charge on any atom is -0.317 e. The number of hydrogen-bond donors (Lipinski definition) is 0. The number of alkyl halides is 1. The molecule has 0 radical (unpaired) electrons. The number of rotatable bonds is 3. The lowest BCUT2D eigenvalue weighted by Crippen LogP contribution is -2.03. The second kappa shape index (κ2) is 4.61. The molecule has 0 N–H and O–H groups in total. The van der Waals surface area contributed by atoms with Gasteiger partial charge in [-0.1, -0.05) is 18.2 Å². The van der Waals surface area contributed by atoms with Gasteiger partial charge in [-0.3, -0.25) is 0 Å². The molecule has 3 nitrogen and oxygen atoms in total. The maximum atomic E-state index is 13.4. The fraction of sp³-hybridized carbons (Fsp3) is 0.273. The van der Waals surface area contributed by atoms with Gasteiger partial charge in [0.15, 0.2) is 0 Å². The van der Waals surface area contributed by atoms with Gasteiger partial charge in [0.05, 0.1) is 5.88 Å². The Labute approximate surface area is 97.9 Å². The molecule has 0 saturated carbocycles. The smallest absolute Gasteiger partial charge is 0.147 e. The molecule has 2 rings (SSSR count). The van der Waals surface area contributed by atoms with Gasteiger partial charge >= 0.3 is 0 Å². The van der Waals surface area contributed by atoms with Crippen molar-refractivity contribution in [3.8, 4) is 0 Å². The van der Waals surface area contributed by atoms with Crippen molar-refractivity contribution in [2.75, 3.05) is 0 Å². The molecule has 0 bridgehead atoms. The molecule has 0 aliphatic rings. The molecule has 0 spiro atoms. The highest BCUT2D eigenvalue weighted by Crippen LogP contribution is 2.12. The van der Waals surface area contributed by atoms with E-state index >= 15 is 0 Å². The van der Waals surface area contributed by atoms with Gasteiger partial charge in [-0.25, -0.2) is 4.39 Å². The molecule has 5 heteroatoms. The molecule has 0 atom stereocenters. The number of halogens is 2. The molecule has 84 valence electrons. The van der Waals surface area contributed by atoms with Crippen LogP contribution >= 0.6 is 11.6 Å². The second-order valence-electron chi connectivity index (χ2n) is 3.49. The predicted molar refractivity (Wildman–Crippen MR) is 59.8 cm³/mol. The van der Waals surface area contributed by atoms with Crippen LogP contribution in [0.1, 0.15) is 17.2 Å². The number of aromatic nitrogens is 3. The summed E-state index contributed by atoms with van der Waals surface area (Å²) in [4.78, 5) is 0. The molecule has 0 aliphatic carbocycles. The molecule has 0 unspecified atom stereocenters. The van der Waals surface area contributed by atoms with Crippen molar-refractivity contribution >= 4 is 11.6 Å². The molecule has 2 aromatic rings. The zero-order valence-corrected chi connectivity index (χ0v) is 9.58. The highest BCUT2D eigenvalue weighted by atomic mass is 35.5. The van der Waals surface area contributed by atoms with Gasteiger partial charge in [0.25, 0.3) is 0 Å². The van der Waals surface area contributed by atoms with Crippen LogP contribution in [0, 0.1) is 5.82 Å². The van der Waals surface area contributed by atoms with E-state index in [4.69, 9.17) is 11.6 Å². The second-order valence-corrected chi connectivity index (χ2v) is 3.76. The van der Waals surface area contributed by atoms with Crippen LogP contribution in [-0.4, -0.2) is 14.8 Å². The molecule has 0 aliphatic heterocycles. The van der Waals surface area contributed by atoms with E-state index in [1.54, 1.807) is 22.8 Å². The van der Waals surface area contributed by atoms with Crippen molar-refractivity contribution in [3.63, 3.8) is 0 Å². The Morgan fingerprint density at radius 2 is 1.94 bits per heavy atom. The van der Waals surface area contributed by atoms with Crippen LogP contribution in [0.2, 0.25) is 0 Å². The first-order valence-electron chi connectivity index (χ1n) is 4.89. The van der Waals surface area contributed by atoms with E-state index in [1.807, 2.05) is 7.05 Å². The maximum Gasteiger partial charge on any atom is 0.147 e. The number of nitrogens with zero attached hydrogens (tertiary/aromatic N) is 3. The van der Waals surface area contributed by atoms with Crippen molar-refractivity contribution in [1.29, 1.82) is 0 Å².